The van der Waals surface area contributed by atoms with Crippen LogP contribution in [0.25, 0.3) is 0 Å². The van der Waals surface area contributed by atoms with E-state index in [1.165, 1.54) is 0 Å². The maximum Gasteiger partial charge on any atom is 0.351 e. The average Bonchev–Trinajstić information content (AvgIpc) is 2.34. The minimum Gasteiger partial charge on any atom is -0.463 e. The van der Waals surface area contributed by atoms with E-state index in [1.54, 1.807) is 6.92 Å². The Bertz CT molecular complexity index is 214. The smallest absolute Gasteiger partial charge is 0.351 e. The Morgan fingerprint density at radius 1 is 1.75 bits per heavy atom. The highest BCUT2D eigenvalue weighted by atomic mass is 19.1. The maximum absolute atomic E-state index is 13.5. The van der Waals surface area contributed by atoms with Gasteiger partial charge in [-0.25, -0.2) is 9.18 Å². The molecule has 0 spiro atoms. The number of carbonyl (C=O) groups is 2. The fourth-order valence-electron chi connectivity index (χ4n) is 1.29. The molecule has 1 saturated carbocycles. The summed E-state index contributed by atoms with van der Waals surface area (Å²) in [5.41, 5.74) is -2.34. The summed E-state index contributed by atoms with van der Waals surface area (Å²) in [5.74, 6) is -1.66. The van der Waals surface area contributed by atoms with Crippen molar-refractivity contribution >= 4 is 11.8 Å². The van der Waals surface area contributed by atoms with E-state index in [-0.39, 0.29) is 19.4 Å². The van der Waals surface area contributed by atoms with Crippen molar-refractivity contribution < 1.29 is 18.7 Å². The Morgan fingerprint density at radius 3 is 2.83 bits per heavy atom. The van der Waals surface area contributed by atoms with E-state index in [4.69, 9.17) is 0 Å². The summed E-state index contributed by atoms with van der Waals surface area (Å²) in [5, 5.41) is 0. The largest absolute Gasteiger partial charge is 0.463 e. The fourth-order valence-corrected chi connectivity index (χ4v) is 1.29. The van der Waals surface area contributed by atoms with Crippen molar-refractivity contribution in [3.05, 3.63) is 0 Å². The number of hydrogen-bond donors (Lipinski definition) is 0. The number of carbonyl (C=O) groups excluding carboxylic acids is 2. The summed E-state index contributed by atoms with van der Waals surface area (Å²) in [6, 6.07) is 0. The number of ether oxygens (including phenoxy) is 1. The molecule has 12 heavy (non-hydrogen) atoms. The van der Waals surface area contributed by atoms with E-state index < -0.39 is 17.4 Å². The summed E-state index contributed by atoms with van der Waals surface area (Å²) in [7, 11) is 0. The molecule has 1 atom stereocenters. The third kappa shape index (κ3) is 1.33. The third-order valence-electron chi connectivity index (χ3n) is 1.97. The molecule has 68 valence electrons. The molecule has 0 amide bonds. The number of rotatable bonds is 2. The van der Waals surface area contributed by atoms with E-state index in [9.17, 15) is 14.0 Å². The molecule has 0 aromatic carbocycles. The van der Waals surface area contributed by atoms with Gasteiger partial charge in [0, 0.05) is 12.8 Å². The zero-order valence-electron chi connectivity index (χ0n) is 6.93. The molecular formula is C8H11FO3. The minimum atomic E-state index is -2.34. The Hall–Kier alpha value is -0.930. The molecule has 4 heteroatoms. The van der Waals surface area contributed by atoms with Crippen molar-refractivity contribution in [3.63, 3.8) is 0 Å². The van der Waals surface area contributed by atoms with E-state index in [0.29, 0.717) is 6.42 Å². The van der Waals surface area contributed by atoms with Crippen LogP contribution in [0.3, 0.4) is 0 Å². The summed E-state index contributed by atoms with van der Waals surface area (Å²) < 4.78 is 17.9. The van der Waals surface area contributed by atoms with Gasteiger partial charge in [0.1, 0.15) is 0 Å². The molecule has 1 rings (SSSR count). The Morgan fingerprint density at radius 2 is 2.42 bits per heavy atom. The van der Waals surface area contributed by atoms with Crippen molar-refractivity contribution in [3.8, 4) is 0 Å². The molecule has 0 aliphatic heterocycles. The van der Waals surface area contributed by atoms with Gasteiger partial charge in [0.25, 0.3) is 5.67 Å². The molecule has 0 unspecified atom stereocenters. The first-order valence-corrected chi connectivity index (χ1v) is 4.00. The first-order valence-electron chi connectivity index (χ1n) is 4.00. The van der Waals surface area contributed by atoms with Gasteiger partial charge in [0.05, 0.1) is 6.61 Å². The van der Waals surface area contributed by atoms with Gasteiger partial charge in [-0.2, -0.15) is 0 Å². The highest BCUT2D eigenvalue weighted by molar-refractivity contribution is 6.08. The van der Waals surface area contributed by atoms with Crippen molar-refractivity contribution in [2.75, 3.05) is 6.61 Å². The number of hydrogen-bond acceptors (Lipinski definition) is 3. The molecule has 0 heterocycles. The zero-order chi connectivity index (χ0) is 9.19. The van der Waals surface area contributed by atoms with Crippen LogP contribution in [-0.4, -0.2) is 24.0 Å². The predicted octanol–water partition coefficient (Wildman–Crippen LogP) is 1.01. The maximum atomic E-state index is 13.5. The standard InChI is InChI=1S/C8H11FO3/c1-2-12-7(11)8(9)5-3-4-6(8)10/h2-5H2,1H3/t8-/m1/s1. The lowest BCUT2D eigenvalue weighted by Gasteiger charge is -2.14. The van der Waals surface area contributed by atoms with Crippen molar-refractivity contribution in [1.29, 1.82) is 0 Å². The van der Waals surface area contributed by atoms with E-state index in [1.807, 2.05) is 0 Å². The van der Waals surface area contributed by atoms with Crippen LogP contribution in [-0.2, 0) is 14.3 Å². The first kappa shape index (κ1) is 9.16. The highest BCUT2D eigenvalue weighted by Crippen LogP contribution is 2.31. The molecule has 1 aliphatic rings. The summed E-state index contributed by atoms with van der Waals surface area (Å²) in [6.07, 6.45) is 0.564. The van der Waals surface area contributed by atoms with Gasteiger partial charge in [-0.05, 0) is 13.3 Å². The average molecular weight is 174 g/mol. The van der Waals surface area contributed by atoms with Crippen LogP contribution in [0.15, 0.2) is 0 Å². The zero-order valence-corrected chi connectivity index (χ0v) is 6.93. The lowest BCUT2D eigenvalue weighted by Crippen LogP contribution is -2.39. The van der Waals surface area contributed by atoms with Crippen molar-refractivity contribution in [1.82, 2.24) is 0 Å². The van der Waals surface area contributed by atoms with Gasteiger partial charge in [-0.1, -0.05) is 0 Å². The molecule has 0 aromatic heterocycles. The van der Waals surface area contributed by atoms with Crippen molar-refractivity contribution in [2.24, 2.45) is 0 Å². The van der Waals surface area contributed by atoms with Gasteiger partial charge in [0.15, 0.2) is 5.78 Å². The van der Waals surface area contributed by atoms with Crippen LogP contribution in [0, 0.1) is 0 Å². The highest BCUT2D eigenvalue weighted by Gasteiger charge is 2.50. The summed E-state index contributed by atoms with van der Waals surface area (Å²) in [4.78, 5) is 21.9. The molecule has 3 nitrogen and oxygen atoms in total. The normalized spacial score (nSPS) is 29.0. The van der Waals surface area contributed by atoms with E-state index in [2.05, 4.69) is 4.74 Å². The lowest BCUT2D eigenvalue weighted by atomic mass is 10.0. The Labute approximate surface area is 69.9 Å². The van der Waals surface area contributed by atoms with Crippen LogP contribution >= 0.6 is 0 Å². The van der Waals surface area contributed by atoms with Gasteiger partial charge < -0.3 is 4.74 Å². The Balaban J connectivity index is 2.70. The quantitative estimate of drug-likeness (QED) is 0.463. The second-order valence-electron chi connectivity index (χ2n) is 2.80. The van der Waals surface area contributed by atoms with Gasteiger partial charge >= 0.3 is 5.97 Å². The third-order valence-corrected chi connectivity index (χ3v) is 1.97. The van der Waals surface area contributed by atoms with Gasteiger partial charge in [-0.15, -0.1) is 0 Å². The molecule has 0 N–H and O–H groups in total. The molecule has 1 fully saturated rings. The predicted molar refractivity (Wildman–Crippen MR) is 39.3 cm³/mol. The molecule has 0 aromatic rings. The van der Waals surface area contributed by atoms with Crippen LogP contribution in [0.2, 0.25) is 0 Å². The van der Waals surface area contributed by atoms with Crippen LogP contribution in [0.5, 0.6) is 0 Å². The number of alkyl halides is 1. The van der Waals surface area contributed by atoms with Gasteiger partial charge in [0.2, 0.25) is 0 Å². The number of ketones is 1. The number of esters is 1. The van der Waals surface area contributed by atoms with Crippen LogP contribution < -0.4 is 0 Å². The van der Waals surface area contributed by atoms with Crippen molar-refractivity contribution in [2.45, 2.75) is 31.9 Å². The van der Waals surface area contributed by atoms with E-state index in [0.717, 1.165) is 0 Å². The second kappa shape index (κ2) is 3.21. The second-order valence-corrected chi connectivity index (χ2v) is 2.80. The van der Waals surface area contributed by atoms with Crippen LogP contribution in [0.4, 0.5) is 4.39 Å². The monoisotopic (exact) mass is 174 g/mol. The molecule has 1 aliphatic carbocycles. The Kier molecular flexibility index (Phi) is 2.45. The number of Topliss-reactive ketones (excluding diaryl/α,β-unsaturated/α-hetero) is 1. The molecule has 0 bridgehead atoms. The lowest BCUT2D eigenvalue weighted by molar-refractivity contribution is -0.160. The summed E-state index contributed by atoms with van der Waals surface area (Å²) in [6.45, 7) is 1.69. The minimum absolute atomic E-state index is 0.0231. The fraction of sp³-hybridized carbons (Fsp3) is 0.750. The topological polar surface area (TPSA) is 43.4 Å². The van der Waals surface area contributed by atoms with E-state index >= 15 is 0 Å². The first-order chi connectivity index (χ1) is 5.61. The SMILES string of the molecule is CCOC(=O)[C@@]1(F)CCCC1=O. The number of halogens is 1. The summed E-state index contributed by atoms with van der Waals surface area (Å²) >= 11 is 0. The van der Waals surface area contributed by atoms with Crippen LogP contribution in [0.1, 0.15) is 26.2 Å². The molecule has 0 saturated heterocycles. The molecular weight excluding hydrogens is 163 g/mol. The van der Waals surface area contributed by atoms with Gasteiger partial charge in [-0.3, -0.25) is 4.79 Å². The molecule has 0 radical (unpaired) electrons.